The van der Waals surface area contributed by atoms with E-state index in [9.17, 15) is 24.3 Å². The number of imide groups is 1. The van der Waals surface area contributed by atoms with E-state index in [2.05, 4.69) is 27.7 Å². The Balaban J connectivity index is 1.15. The topological polar surface area (TPSA) is 119 Å². The second kappa shape index (κ2) is 11.7. The van der Waals surface area contributed by atoms with Crippen LogP contribution < -0.4 is 10.6 Å². The molecule has 9 heteroatoms. The highest BCUT2D eigenvalue weighted by Crippen LogP contribution is 2.28. The summed E-state index contributed by atoms with van der Waals surface area (Å²) >= 11 is 0. The quantitative estimate of drug-likeness (QED) is 0.359. The van der Waals surface area contributed by atoms with Crippen molar-refractivity contribution in [1.29, 1.82) is 0 Å². The number of nitrogens with zero attached hydrogens (tertiary/aromatic N) is 2. The van der Waals surface area contributed by atoms with Gasteiger partial charge in [-0.2, -0.15) is 0 Å². The Morgan fingerprint density at radius 1 is 1.02 bits per heavy atom. The van der Waals surface area contributed by atoms with Crippen LogP contribution in [0.3, 0.4) is 0 Å². The molecule has 5 rings (SSSR count). The Bertz CT molecular complexity index is 1460. The lowest BCUT2D eigenvalue weighted by Gasteiger charge is -2.29. The predicted molar refractivity (Wildman–Crippen MR) is 148 cm³/mol. The summed E-state index contributed by atoms with van der Waals surface area (Å²) in [5.41, 5.74) is 4.45. The maximum absolute atomic E-state index is 12.9. The normalized spacial score (nSPS) is 16.7. The molecule has 2 aliphatic heterocycles. The molecule has 1 fully saturated rings. The first kappa shape index (κ1) is 27.1. The van der Waals surface area contributed by atoms with Crippen LogP contribution in [-0.4, -0.2) is 58.2 Å². The Morgan fingerprint density at radius 2 is 1.80 bits per heavy atom. The number of likely N-dealkylation sites (N-methyl/N-ethyl adjacent to an activating group) is 1. The van der Waals surface area contributed by atoms with Crippen molar-refractivity contribution in [3.8, 4) is 5.75 Å². The smallest absolute Gasteiger partial charge is 0.255 e. The van der Waals surface area contributed by atoms with Crippen LogP contribution >= 0.6 is 0 Å². The number of piperidine rings is 1. The molecule has 40 heavy (non-hydrogen) atoms. The highest BCUT2D eigenvalue weighted by Gasteiger charge is 2.39. The highest BCUT2D eigenvalue weighted by molar-refractivity contribution is 6.05. The molecule has 4 amide bonds. The molecular weight excluding hydrogens is 508 g/mol. The third-order valence-electron chi connectivity index (χ3n) is 7.43. The van der Waals surface area contributed by atoms with Crippen molar-refractivity contribution < 1.29 is 24.3 Å². The Labute approximate surface area is 232 Å². The molecule has 9 nitrogen and oxygen atoms in total. The lowest BCUT2D eigenvalue weighted by molar-refractivity contribution is -0.136. The lowest BCUT2D eigenvalue weighted by atomic mass is 10.0. The molecule has 0 spiro atoms. The Kier molecular flexibility index (Phi) is 7.93. The Hall–Kier alpha value is -4.50. The van der Waals surface area contributed by atoms with Crippen LogP contribution in [0.4, 0.5) is 0 Å². The van der Waals surface area contributed by atoms with Gasteiger partial charge in [-0.05, 0) is 60.3 Å². The summed E-state index contributed by atoms with van der Waals surface area (Å²) in [5.74, 6) is -1.49. The molecule has 2 aliphatic rings. The summed E-state index contributed by atoms with van der Waals surface area (Å²) in [5, 5.41) is 15.7. The van der Waals surface area contributed by atoms with Crippen molar-refractivity contribution >= 4 is 23.6 Å². The zero-order valence-electron chi connectivity index (χ0n) is 22.4. The van der Waals surface area contributed by atoms with Gasteiger partial charge < -0.3 is 20.2 Å². The minimum absolute atomic E-state index is 0.0779. The summed E-state index contributed by atoms with van der Waals surface area (Å²) in [6, 6.07) is 20.0. The average molecular weight is 541 g/mol. The van der Waals surface area contributed by atoms with Gasteiger partial charge in [-0.3, -0.25) is 24.5 Å². The van der Waals surface area contributed by atoms with E-state index in [1.807, 2.05) is 37.4 Å². The van der Waals surface area contributed by atoms with Crippen LogP contribution in [0.25, 0.3) is 0 Å². The number of hydrogen-bond donors (Lipinski definition) is 3. The van der Waals surface area contributed by atoms with Crippen molar-refractivity contribution in [3.63, 3.8) is 0 Å². The van der Waals surface area contributed by atoms with Crippen LogP contribution in [0.15, 0.2) is 66.7 Å². The van der Waals surface area contributed by atoms with Crippen molar-refractivity contribution in [2.24, 2.45) is 0 Å². The van der Waals surface area contributed by atoms with Crippen LogP contribution in [0.5, 0.6) is 5.75 Å². The number of benzene rings is 3. The van der Waals surface area contributed by atoms with E-state index >= 15 is 0 Å². The number of fused-ring (bicyclic) bond motifs is 1. The first-order valence-electron chi connectivity index (χ1n) is 13.4. The largest absolute Gasteiger partial charge is 0.507 e. The zero-order chi connectivity index (χ0) is 28.2. The first-order valence-corrected chi connectivity index (χ1v) is 13.4. The van der Waals surface area contributed by atoms with E-state index in [-0.39, 0.29) is 42.6 Å². The minimum Gasteiger partial charge on any atom is -0.507 e. The number of phenols is 1. The van der Waals surface area contributed by atoms with Crippen LogP contribution in [0, 0.1) is 0 Å². The summed E-state index contributed by atoms with van der Waals surface area (Å²) in [6.07, 6.45) is 1.43. The SMILES string of the molecule is CN(CCc1ccccc1)Cc1ccc(C(=O)NCc2ccc3c(c2)CN(C2CCC(=O)NC2=O)C3=O)c(O)c1. The van der Waals surface area contributed by atoms with Gasteiger partial charge in [0.05, 0.1) is 5.56 Å². The number of carbonyl (C=O) groups excluding carboxylic acids is 4. The molecule has 206 valence electrons. The summed E-state index contributed by atoms with van der Waals surface area (Å²) < 4.78 is 0. The molecule has 0 saturated carbocycles. The molecule has 3 aromatic rings. The molecule has 2 heterocycles. The van der Waals surface area contributed by atoms with Gasteiger partial charge in [0.15, 0.2) is 0 Å². The van der Waals surface area contributed by atoms with E-state index in [4.69, 9.17) is 0 Å². The van der Waals surface area contributed by atoms with Crippen molar-refractivity contribution in [2.45, 2.75) is 44.9 Å². The molecule has 1 atom stereocenters. The third kappa shape index (κ3) is 6.05. The summed E-state index contributed by atoms with van der Waals surface area (Å²) in [4.78, 5) is 53.1. The van der Waals surface area contributed by atoms with Crippen LogP contribution in [0.1, 0.15) is 55.8 Å². The second-order valence-electron chi connectivity index (χ2n) is 10.4. The van der Waals surface area contributed by atoms with E-state index in [1.54, 1.807) is 24.3 Å². The zero-order valence-corrected chi connectivity index (χ0v) is 22.4. The predicted octanol–water partition coefficient (Wildman–Crippen LogP) is 2.76. The van der Waals surface area contributed by atoms with Gasteiger partial charge in [0.2, 0.25) is 11.8 Å². The summed E-state index contributed by atoms with van der Waals surface area (Å²) in [7, 11) is 2.02. The van der Waals surface area contributed by atoms with Gasteiger partial charge in [0, 0.05) is 38.2 Å². The molecule has 0 bridgehead atoms. The molecule has 3 aromatic carbocycles. The molecule has 1 unspecified atom stereocenters. The number of phenolic OH excluding ortho intramolecular Hbond substituents is 1. The number of hydrogen-bond acceptors (Lipinski definition) is 6. The lowest BCUT2D eigenvalue weighted by Crippen LogP contribution is -2.52. The molecular formula is C31H32N4O5. The van der Waals surface area contributed by atoms with Gasteiger partial charge >= 0.3 is 0 Å². The molecule has 0 aliphatic carbocycles. The van der Waals surface area contributed by atoms with Crippen LogP contribution in [0.2, 0.25) is 0 Å². The highest BCUT2D eigenvalue weighted by atomic mass is 16.3. The fraction of sp³-hybridized carbons (Fsp3) is 0.290. The maximum Gasteiger partial charge on any atom is 0.255 e. The fourth-order valence-corrected chi connectivity index (χ4v) is 5.24. The minimum atomic E-state index is -0.671. The van der Waals surface area contributed by atoms with Gasteiger partial charge in [0.1, 0.15) is 11.8 Å². The number of amides is 4. The standard InChI is InChI=1S/C31H32N4O5/c1-34(14-13-20-5-3-2-4-6-20)18-22-8-10-25(27(36)16-22)29(38)32-17-21-7-9-24-23(15-21)19-35(31(24)40)26-11-12-28(37)33-30(26)39/h2-10,15-16,26,36H,11-14,17-19H2,1H3,(H,32,38)(H,33,37,39). The molecule has 1 saturated heterocycles. The van der Waals surface area contributed by atoms with E-state index < -0.39 is 17.9 Å². The first-order chi connectivity index (χ1) is 19.3. The van der Waals surface area contributed by atoms with Gasteiger partial charge in [-0.15, -0.1) is 0 Å². The van der Waals surface area contributed by atoms with Crippen molar-refractivity contribution in [1.82, 2.24) is 20.4 Å². The van der Waals surface area contributed by atoms with E-state index in [0.717, 1.165) is 29.7 Å². The Morgan fingerprint density at radius 3 is 2.55 bits per heavy atom. The maximum atomic E-state index is 12.9. The second-order valence-corrected chi connectivity index (χ2v) is 10.4. The third-order valence-corrected chi connectivity index (χ3v) is 7.43. The summed E-state index contributed by atoms with van der Waals surface area (Å²) in [6.45, 7) is 1.99. The van der Waals surface area contributed by atoms with Crippen LogP contribution in [-0.2, 0) is 35.6 Å². The van der Waals surface area contributed by atoms with E-state index in [1.165, 1.54) is 10.5 Å². The number of carbonyl (C=O) groups is 4. The number of aromatic hydroxyl groups is 1. The molecule has 0 radical (unpaired) electrons. The molecule has 0 aromatic heterocycles. The van der Waals surface area contributed by atoms with Crippen molar-refractivity contribution in [3.05, 3.63) is 100 Å². The van der Waals surface area contributed by atoms with Gasteiger partial charge in [-0.1, -0.05) is 48.5 Å². The van der Waals surface area contributed by atoms with E-state index in [0.29, 0.717) is 18.5 Å². The fourth-order valence-electron chi connectivity index (χ4n) is 5.24. The monoisotopic (exact) mass is 540 g/mol. The number of nitrogens with one attached hydrogen (secondary N) is 2. The average Bonchev–Trinajstić information content (AvgIpc) is 3.26. The van der Waals surface area contributed by atoms with Gasteiger partial charge in [0.25, 0.3) is 11.8 Å². The number of rotatable bonds is 9. The van der Waals surface area contributed by atoms with Crippen molar-refractivity contribution in [2.75, 3.05) is 13.6 Å². The van der Waals surface area contributed by atoms with Gasteiger partial charge in [-0.25, -0.2) is 0 Å². The molecule has 3 N–H and O–H groups in total.